The van der Waals surface area contributed by atoms with Crippen molar-refractivity contribution in [3.8, 4) is 0 Å². The molecular weight excluding hydrogens is 566 g/mol. The predicted molar refractivity (Wildman–Crippen MR) is 138 cm³/mol. The van der Waals surface area contributed by atoms with E-state index < -0.39 is 66.1 Å². The van der Waals surface area contributed by atoms with Gasteiger partial charge >= 0.3 is 5.69 Å². The molecule has 0 radical (unpaired) electrons. The zero-order chi connectivity index (χ0) is 29.2. The largest absolute Gasteiger partial charge is 0.379 e. The van der Waals surface area contributed by atoms with Gasteiger partial charge in [0, 0.05) is 38.8 Å². The standard InChI is InChI=1S/C20H31N5O12S2/c1-38(31,32)36-14-10-23(11-15-37-39(2,33)34)17-5-4-16(24(27)28)18(19(17)25(29)30)20(26)21-6-3-7-22-8-12-35-13-9-22/h4-5H,3,6-15H2,1-2H3,(H,21,26). The quantitative estimate of drug-likeness (QED) is 0.112. The van der Waals surface area contributed by atoms with E-state index in [4.69, 9.17) is 4.74 Å². The fourth-order valence-electron chi connectivity index (χ4n) is 3.75. The van der Waals surface area contributed by atoms with Crippen LogP contribution in [0.1, 0.15) is 16.8 Å². The molecule has 0 saturated carbocycles. The van der Waals surface area contributed by atoms with Gasteiger partial charge in [-0.05, 0) is 19.0 Å². The monoisotopic (exact) mass is 597 g/mol. The number of nitro groups is 2. The minimum atomic E-state index is -3.88. The molecule has 1 saturated heterocycles. The number of nitrogens with zero attached hydrogens (tertiary/aromatic N) is 4. The summed E-state index contributed by atoms with van der Waals surface area (Å²) in [6.07, 6.45) is 2.06. The summed E-state index contributed by atoms with van der Waals surface area (Å²) >= 11 is 0. The van der Waals surface area contributed by atoms with Crippen LogP contribution in [0.2, 0.25) is 0 Å². The smallest absolute Gasteiger partial charge is 0.312 e. The topological polar surface area (TPSA) is 218 Å². The normalized spacial score (nSPS) is 14.6. The van der Waals surface area contributed by atoms with Gasteiger partial charge in [0.25, 0.3) is 31.8 Å². The second-order valence-corrected chi connectivity index (χ2v) is 11.7. The number of amides is 1. The van der Waals surface area contributed by atoms with Crippen molar-refractivity contribution in [1.82, 2.24) is 10.2 Å². The second-order valence-electron chi connectivity index (χ2n) is 8.44. The molecule has 17 nitrogen and oxygen atoms in total. The zero-order valence-corrected chi connectivity index (χ0v) is 23.1. The molecule has 0 spiro atoms. The van der Waals surface area contributed by atoms with E-state index in [0.717, 1.165) is 42.6 Å². The van der Waals surface area contributed by atoms with Crippen LogP contribution in [0.15, 0.2) is 12.1 Å². The molecule has 1 heterocycles. The van der Waals surface area contributed by atoms with Crippen LogP contribution in [-0.2, 0) is 33.3 Å². The van der Waals surface area contributed by atoms with Crippen LogP contribution in [-0.4, -0.2) is 116 Å². The third kappa shape index (κ3) is 11.0. The van der Waals surface area contributed by atoms with Gasteiger partial charge < -0.3 is 15.0 Å². The molecule has 1 fully saturated rings. The van der Waals surface area contributed by atoms with Crippen LogP contribution in [0.4, 0.5) is 17.1 Å². The zero-order valence-electron chi connectivity index (χ0n) is 21.4. The Morgan fingerprint density at radius 1 is 1.03 bits per heavy atom. The number of benzene rings is 1. The first kappa shape index (κ1) is 32.2. The first-order chi connectivity index (χ1) is 18.2. The summed E-state index contributed by atoms with van der Waals surface area (Å²) < 4.78 is 60.1. The summed E-state index contributed by atoms with van der Waals surface area (Å²) in [5.41, 5.74) is -2.81. The van der Waals surface area contributed by atoms with E-state index in [-0.39, 0.29) is 25.3 Å². The summed E-state index contributed by atoms with van der Waals surface area (Å²) in [6.45, 7) is 1.68. The van der Waals surface area contributed by atoms with Gasteiger partial charge in [-0.25, -0.2) is 0 Å². The predicted octanol–water partition coefficient (Wildman–Crippen LogP) is -0.286. The van der Waals surface area contributed by atoms with Crippen LogP contribution < -0.4 is 10.2 Å². The van der Waals surface area contributed by atoms with E-state index in [9.17, 15) is 41.9 Å². The number of morpholine rings is 1. The van der Waals surface area contributed by atoms with E-state index in [0.29, 0.717) is 26.2 Å². The van der Waals surface area contributed by atoms with Crippen molar-refractivity contribution in [1.29, 1.82) is 0 Å². The molecule has 0 aliphatic carbocycles. The van der Waals surface area contributed by atoms with Gasteiger partial charge in [0.05, 0.1) is 48.8 Å². The summed E-state index contributed by atoms with van der Waals surface area (Å²) in [7, 11) is -7.77. The Kier molecular flexibility index (Phi) is 11.9. The van der Waals surface area contributed by atoms with Gasteiger partial charge in [-0.1, -0.05) is 0 Å². The molecule has 1 aliphatic rings. The van der Waals surface area contributed by atoms with E-state index in [2.05, 4.69) is 18.6 Å². The van der Waals surface area contributed by atoms with Crippen molar-refractivity contribution >= 4 is 43.2 Å². The lowest BCUT2D eigenvalue weighted by Gasteiger charge is -2.26. The summed E-state index contributed by atoms with van der Waals surface area (Å²) in [5, 5.41) is 26.3. The Morgan fingerprint density at radius 2 is 1.59 bits per heavy atom. The van der Waals surface area contributed by atoms with E-state index in [1.54, 1.807) is 0 Å². The van der Waals surface area contributed by atoms with Gasteiger partial charge in [-0.2, -0.15) is 16.8 Å². The van der Waals surface area contributed by atoms with Crippen LogP contribution in [0.5, 0.6) is 0 Å². The summed E-state index contributed by atoms with van der Waals surface area (Å²) in [5.74, 6) is -1.04. The van der Waals surface area contributed by atoms with Crippen molar-refractivity contribution in [2.45, 2.75) is 6.42 Å². The number of ether oxygens (including phenoxy) is 1. The molecule has 0 atom stereocenters. The van der Waals surface area contributed by atoms with Gasteiger partial charge in [0.1, 0.15) is 5.69 Å². The van der Waals surface area contributed by atoms with Gasteiger partial charge in [-0.3, -0.25) is 38.3 Å². The van der Waals surface area contributed by atoms with E-state index >= 15 is 0 Å². The van der Waals surface area contributed by atoms with E-state index in [1.807, 2.05) is 0 Å². The van der Waals surface area contributed by atoms with Crippen molar-refractivity contribution in [3.63, 3.8) is 0 Å². The Labute approximate surface area is 225 Å². The number of nitrogens with one attached hydrogen (secondary N) is 1. The maximum atomic E-state index is 13.0. The van der Waals surface area contributed by atoms with Crippen molar-refractivity contribution in [3.05, 3.63) is 37.9 Å². The first-order valence-electron chi connectivity index (χ1n) is 11.7. The Bertz CT molecular complexity index is 1210. The lowest BCUT2D eigenvalue weighted by molar-refractivity contribution is -0.394. The molecule has 19 heteroatoms. The van der Waals surface area contributed by atoms with Crippen LogP contribution >= 0.6 is 0 Å². The lowest BCUT2D eigenvalue weighted by atomic mass is 10.1. The third-order valence-corrected chi connectivity index (χ3v) is 6.63. The highest BCUT2D eigenvalue weighted by Gasteiger charge is 2.35. The molecular formula is C20H31N5O12S2. The average molecular weight is 598 g/mol. The fraction of sp³-hybridized carbons (Fsp3) is 0.650. The first-order valence-corrected chi connectivity index (χ1v) is 15.3. The second kappa shape index (κ2) is 14.4. The highest BCUT2D eigenvalue weighted by Crippen LogP contribution is 2.37. The van der Waals surface area contributed by atoms with Gasteiger partial charge in [0.15, 0.2) is 5.56 Å². The Hall–Kier alpha value is -2.97. The summed E-state index contributed by atoms with van der Waals surface area (Å²) in [6, 6.07) is 1.93. The number of anilines is 1. The fourth-order valence-corrected chi connectivity index (χ4v) is 4.51. The molecule has 0 unspecified atom stereocenters. The molecule has 39 heavy (non-hydrogen) atoms. The number of nitro benzene ring substituents is 2. The maximum absolute atomic E-state index is 13.0. The lowest BCUT2D eigenvalue weighted by Crippen LogP contribution is -2.38. The highest BCUT2D eigenvalue weighted by molar-refractivity contribution is 7.86. The molecule has 0 aromatic heterocycles. The Morgan fingerprint density at radius 3 is 2.08 bits per heavy atom. The number of rotatable bonds is 16. The number of carbonyl (C=O) groups is 1. The van der Waals surface area contributed by atoms with E-state index in [1.165, 1.54) is 0 Å². The average Bonchev–Trinajstić information content (AvgIpc) is 2.83. The highest BCUT2D eigenvalue weighted by atomic mass is 32.2. The van der Waals surface area contributed by atoms with Crippen molar-refractivity contribution < 1.29 is 44.6 Å². The number of hydrogen-bond donors (Lipinski definition) is 1. The SMILES string of the molecule is CS(=O)(=O)OCCN(CCOS(C)(=O)=O)c1ccc([N+](=O)[O-])c(C(=O)NCCCN2CCOCC2)c1[N+](=O)[O-]. The van der Waals surface area contributed by atoms with Gasteiger partial charge in [0.2, 0.25) is 0 Å². The van der Waals surface area contributed by atoms with Crippen LogP contribution in [0.25, 0.3) is 0 Å². The maximum Gasteiger partial charge on any atom is 0.312 e. The minimum absolute atomic E-state index is 0.0862. The Balaban J connectivity index is 2.36. The minimum Gasteiger partial charge on any atom is -0.379 e. The molecule has 1 amide bonds. The molecule has 1 aromatic carbocycles. The molecule has 2 rings (SSSR count). The molecule has 1 N–H and O–H groups in total. The third-order valence-electron chi connectivity index (χ3n) is 5.44. The van der Waals surface area contributed by atoms with Crippen LogP contribution in [0, 0.1) is 20.2 Å². The van der Waals surface area contributed by atoms with Gasteiger partial charge in [-0.15, -0.1) is 0 Å². The number of hydrogen-bond acceptors (Lipinski definition) is 14. The van der Waals surface area contributed by atoms with Crippen LogP contribution in [0.3, 0.4) is 0 Å². The molecule has 220 valence electrons. The number of carbonyl (C=O) groups excluding carboxylic acids is 1. The van der Waals surface area contributed by atoms with Crippen molar-refractivity contribution in [2.24, 2.45) is 0 Å². The van der Waals surface area contributed by atoms with Crippen molar-refractivity contribution in [2.75, 3.05) is 83.1 Å². The molecule has 1 aliphatic heterocycles. The molecule has 0 bridgehead atoms. The molecule has 1 aromatic rings. The summed E-state index contributed by atoms with van der Waals surface area (Å²) in [4.78, 5) is 38.2.